The van der Waals surface area contributed by atoms with E-state index in [4.69, 9.17) is 0 Å². The second-order valence-corrected chi connectivity index (χ2v) is 13.2. The Kier molecular flexibility index (Phi) is 5.18. The molecule has 0 unspecified atom stereocenters. The predicted molar refractivity (Wildman–Crippen MR) is 185 cm³/mol. The van der Waals surface area contributed by atoms with E-state index in [0.29, 0.717) is 0 Å². The van der Waals surface area contributed by atoms with Gasteiger partial charge in [0.05, 0.1) is 5.52 Å². The molecule has 9 rings (SSSR count). The molecule has 0 fully saturated rings. The molecule has 6 aromatic carbocycles. The van der Waals surface area contributed by atoms with Crippen molar-refractivity contribution in [1.82, 2.24) is 4.57 Å². The highest BCUT2D eigenvalue weighted by atomic mass is 32.1. The molecule has 1 nitrogen and oxygen atoms in total. The van der Waals surface area contributed by atoms with Gasteiger partial charge in [-0.25, -0.2) is 0 Å². The molecule has 2 heteroatoms. The Morgan fingerprint density at radius 2 is 1.28 bits per heavy atom. The number of nitrogens with zero attached hydrogens (tertiary/aromatic N) is 1. The summed E-state index contributed by atoms with van der Waals surface area (Å²) in [7, 11) is 0. The monoisotopic (exact) mass is 567 g/mol. The Morgan fingerprint density at radius 3 is 2.19 bits per heavy atom. The van der Waals surface area contributed by atoms with Gasteiger partial charge in [0.1, 0.15) is 0 Å². The maximum absolute atomic E-state index is 2.41. The number of hydrogen-bond donors (Lipinski definition) is 0. The van der Waals surface area contributed by atoms with E-state index in [1.165, 1.54) is 81.3 Å². The van der Waals surface area contributed by atoms with Crippen LogP contribution in [0.1, 0.15) is 25.0 Å². The van der Waals surface area contributed by atoms with Crippen LogP contribution in [0.25, 0.3) is 70.1 Å². The summed E-state index contributed by atoms with van der Waals surface area (Å²) in [5, 5.41) is 3.92. The molecule has 8 aromatic rings. The number of thiophene rings is 1. The molecule has 2 aromatic heterocycles. The molecule has 0 radical (unpaired) electrons. The lowest BCUT2D eigenvalue weighted by Gasteiger charge is -2.28. The van der Waals surface area contributed by atoms with Gasteiger partial charge in [0.25, 0.3) is 0 Å². The number of aromatic nitrogens is 1. The maximum atomic E-state index is 2.41. The van der Waals surface area contributed by atoms with Gasteiger partial charge in [0, 0.05) is 48.4 Å². The van der Waals surface area contributed by atoms with Crippen molar-refractivity contribution in [1.29, 1.82) is 0 Å². The largest absolute Gasteiger partial charge is 0.316 e. The summed E-state index contributed by atoms with van der Waals surface area (Å²) in [4.78, 5) is 0. The summed E-state index contributed by atoms with van der Waals surface area (Å²) in [5.74, 6) is 0. The van der Waals surface area contributed by atoms with Gasteiger partial charge in [-0.3, -0.25) is 0 Å². The Labute approximate surface area is 255 Å². The molecule has 1 aliphatic rings. The molecule has 0 N–H and O–H groups in total. The zero-order valence-corrected chi connectivity index (χ0v) is 25.0. The quantitative estimate of drug-likeness (QED) is 0.196. The summed E-state index contributed by atoms with van der Waals surface area (Å²) >= 11 is 1.89. The standard InChI is InChI=1S/C41H29NS/c1-41(2)35-19-7-5-14-31(35)30-13-3-4-16-33(30)38-36(41)22-21-26-23-24-42(39(26)38)28-12-9-11-27(25-28)29-17-10-18-34-32-15-6-8-20-37(32)43-40(29)34/h3-25H,1-2H3. The molecule has 0 saturated carbocycles. The van der Waals surface area contributed by atoms with Crippen LogP contribution in [-0.2, 0) is 5.41 Å². The first kappa shape index (κ1) is 24.7. The first-order valence-electron chi connectivity index (χ1n) is 14.9. The maximum Gasteiger partial charge on any atom is 0.0610 e. The van der Waals surface area contributed by atoms with Crippen molar-refractivity contribution in [2.45, 2.75) is 19.3 Å². The lowest BCUT2D eigenvalue weighted by Crippen LogP contribution is -2.20. The molecule has 0 atom stereocenters. The highest BCUT2D eigenvalue weighted by Gasteiger charge is 2.34. The van der Waals surface area contributed by atoms with Crippen molar-refractivity contribution < 1.29 is 0 Å². The minimum Gasteiger partial charge on any atom is -0.316 e. The third-order valence-electron chi connectivity index (χ3n) is 9.45. The summed E-state index contributed by atoms with van der Waals surface area (Å²) < 4.78 is 5.09. The van der Waals surface area contributed by atoms with E-state index < -0.39 is 0 Å². The minimum absolute atomic E-state index is 0.160. The molecule has 0 aliphatic heterocycles. The van der Waals surface area contributed by atoms with Crippen LogP contribution in [0.4, 0.5) is 0 Å². The molecule has 0 spiro atoms. The molecule has 2 heterocycles. The second-order valence-electron chi connectivity index (χ2n) is 12.2. The summed E-state index contributed by atoms with van der Waals surface area (Å²) in [6.07, 6.45) is 2.25. The van der Waals surface area contributed by atoms with Gasteiger partial charge in [0.15, 0.2) is 0 Å². The summed E-state index contributed by atoms with van der Waals surface area (Å²) in [6, 6.07) is 49.4. The number of rotatable bonds is 2. The highest BCUT2D eigenvalue weighted by molar-refractivity contribution is 7.26. The van der Waals surface area contributed by atoms with Crippen molar-refractivity contribution in [3.05, 3.63) is 151 Å². The van der Waals surface area contributed by atoms with Crippen LogP contribution in [0.3, 0.4) is 0 Å². The van der Waals surface area contributed by atoms with E-state index in [0.717, 1.165) is 0 Å². The van der Waals surface area contributed by atoms with E-state index >= 15 is 0 Å². The Morgan fingerprint density at radius 1 is 0.558 bits per heavy atom. The number of benzene rings is 6. The first-order chi connectivity index (χ1) is 21.1. The fraction of sp³-hybridized carbons (Fsp3) is 0.0732. The van der Waals surface area contributed by atoms with Crippen molar-refractivity contribution in [3.8, 4) is 39.1 Å². The van der Waals surface area contributed by atoms with Crippen LogP contribution >= 0.6 is 11.3 Å². The van der Waals surface area contributed by atoms with Gasteiger partial charge < -0.3 is 4.57 Å². The van der Waals surface area contributed by atoms with Crippen molar-refractivity contribution >= 4 is 42.4 Å². The SMILES string of the molecule is CC1(C)c2ccccc2-c2ccccc2-c2c1ccc1ccn(-c3cccc(-c4cccc5c4sc4ccccc45)c3)c21. The van der Waals surface area contributed by atoms with Gasteiger partial charge in [-0.1, -0.05) is 123 Å². The van der Waals surface area contributed by atoms with E-state index in [1.54, 1.807) is 0 Å². The van der Waals surface area contributed by atoms with E-state index in [2.05, 4.69) is 158 Å². The minimum atomic E-state index is -0.160. The smallest absolute Gasteiger partial charge is 0.0610 e. The lowest BCUT2D eigenvalue weighted by molar-refractivity contribution is 0.647. The molecule has 43 heavy (non-hydrogen) atoms. The van der Waals surface area contributed by atoms with Crippen LogP contribution in [0.5, 0.6) is 0 Å². The van der Waals surface area contributed by atoms with E-state index in [-0.39, 0.29) is 5.41 Å². The van der Waals surface area contributed by atoms with E-state index in [9.17, 15) is 0 Å². The summed E-state index contributed by atoms with van der Waals surface area (Å²) in [5.41, 5.74) is 12.8. The molecule has 0 saturated heterocycles. The Balaban J connectivity index is 1.31. The van der Waals surface area contributed by atoms with Crippen LogP contribution < -0.4 is 0 Å². The second kappa shape index (κ2) is 9.04. The first-order valence-corrected chi connectivity index (χ1v) is 15.8. The zero-order chi connectivity index (χ0) is 28.7. The molecule has 0 bridgehead atoms. The van der Waals surface area contributed by atoms with Crippen molar-refractivity contribution in [3.63, 3.8) is 0 Å². The normalized spacial score (nSPS) is 13.5. The fourth-order valence-corrected chi connectivity index (χ4v) is 8.62. The van der Waals surface area contributed by atoms with Crippen molar-refractivity contribution in [2.75, 3.05) is 0 Å². The third-order valence-corrected chi connectivity index (χ3v) is 10.7. The molecule has 0 amide bonds. The third kappa shape index (κ3) is 3.51. The fourth-order valence-electron chi connectivity index (χ4n) is 7.38. The highest BCUT2D eigenvalue weighted by Crippen LogP contribution is 2.51. The van der Waals surface area contributed by atoms with E-state index in [1.807, 2.05) is 11.3 Å². The van der Waals surface area contributed by atoms with Gasteiger partial charge in [-0.2, -0.15) is 0 Å². The molecule has 1 aliphatic carbocycles. The van der Waals surface area contributed by atoms with Gasteiger partial charge in [-0.15, -0.1) is 11.3 Å². The zero-order valence-electron chi connectivity index (χ0n) is 24.1. The molecular weight excluding hydrogens is 539 g/mol. The Hall–Kier alpha value is -4.92. The Bertz CT molecular complexity index is 2380. The predicted octanol–water partition coefficient (Wildman–Crippen LogP) is 11.6. The molecule has 204 valence electrons. The van der Waals surface area contributed by atoms with Crippen LogP contribution in [0.15, 0.2) is 140 Å². The topological polar surface area (TPSA) is 4.93 Å². The van der Waals surface area contributed by atoms with Crippen LogP contribution in [0, 0.1) is 0 Å². The van der Waals surface area contributed by atoms with Crippen LogP contribution in [0.2, 0.25) is 0 Å². The number of fused-ring (bicyclic) bond motifs is 10. The average Bonchev–Trinajstić information content (AvgIpc) is 3.64. The van der Waals surface area contributed by atoms with Crippen LogP contribution in [-0.4, -0.2) is 4.57 Å². The van der Waals surface area contributed by atoms with Gasteiger partial charge in [-0.05, 0) is 63.2 Å². The van der Waals surface area contributed by atoms with Crippen molar-refractivity contribution in [2.24, 2.45) is 0 Å². The summed E-state index contributed by atoms with van der Waals surface area (Å²) in [6.45, 7) is 4.75. The molecular formula is C41H29NS. The van der Waals surface area contributed by atoms with Gasteiger partial charge >= 0.3 is 0 Å². The van der Waals surface area contributed by atoms with Gasteiger partial charge in [0.2, 0.25) is 0 Å². The number of hydrogen-bond acceptors (Lipinski definition) is 1. The average molecular weight is 568 g/mol. The lowest BCUT2D eigenvalue weighted by atomic mass is 9.75.